The second kappa shape index (κ2) is 9.09. The van der Waals surface area contributed by atoms with Gasteiger partial charge in [-0.2, -0.15) is 13.2 Å². The lowest BCUT2D eigenvalue weighted by molar-refractivity contribution is -0.137. The number of alkyl halides is 3. The minimum absolute atomic E-state index is 0.330. The van der Waals surface area contributed by atoms with Gasteiger partial charge in [-0.3, -0.25) is 0 Å². The van der Waals surface area contributed by atoms with E-state index in [0.29, 0.717) is 17.0 Å². The number of nitrogens with zero attached hydrogens (tertiary/aromatic N) is 1. The Morgan fingerprint density at radius 1 is 0.931 bits per heavy atom. The van der Waals surface area contributed by atoms with Gasteiger partial charge in [0.25, 0.3) is 0 Å². The number of thioether (sulfide) groups is 1. The van der Waals surface area contributed by atoms with Gasteiger partial charge in [-0.25, -0.2) is 9.38 Å². The van der Waals surface area contributed by atoms with E-state index in [9.17, 15) is 17.6 Å². The minimum atomic E-state index is -4.43. The highest BCUT2D eigenvalue weighted by Crippen LogP contribution is 2.30. The molecule has 0 atom stereocenters. The van der Waals surface area contributed by atoms with Crippen LogP contribution in [0.25, 0.3) is 0 Å². The normalized spacial score (nSPS) is 12.5. The summed E-state index contributed by atoms with van der Waals surface area (Å²) in [6.07, 6.45) is -2.78. The topological polar surface area (TPSA) is 12.4 Å². The van der Waals surface area contributed by atoms with Crippen LogP contribution >= 0.6 is 11.8 Å². The van der Waals surface area contributed by atoms with Gasteiger partial charge in [0.05, 0.1) is 17.0 Å². The first-order valence-corrected chi connectivity index (χ1v) is 9.61. The quantitative estimate of drug-likeness (QED) is 0.238. The first kappa shape index (κ1) is 20.9. The molecule has 0 fully saturated rings. The zero-order valence-corrected chi connectivity index (χ0v) is 16.3. The Labute approximate surface area is 170 Å². The first-order valence-electron chi connectivity index (χ1n) is 8.73. The van der Waals surface area contributed by atoms with Crippen molar-refractivity contribution in [3.63, 3.8) is 0 Å². The van der Waals surface area contributed by atoms with E-state index >= 15 is 0 Å². The van der Waals surface area contributed by atoms with Gasteiger partial charge in [-0.05, 0) is 66.9 Å². The number of aliphatic imine (C=N–C) groups is 1. The predicted molar refractivity (Wildman–Crippen MR) is 110 cm³/mol. The second-order valence-electron chi connectivity index (χ2n) is 6.29. The van der Waals surface area contributed by atoms with Gasteiger partial charge in [-0.1, -0.05) is 41.6 Å². The molecule has 0 amide bonds. The lowest BCUT2D eigenvalue weighted by Crippen LogP contribution is -2.07. The third-order valence-electron chi connectivity index (χ3n) is 4.01. The molecule has 0 bridgehead atoms. The van der Waals surface area contributed by atoms with E-state index in [1.165, 1.54) is 30.0 Å². The van der Waals surface area contributed by atoms with Crippen molar-refractivity contribution in [2.24, 2.45) is 4.99 Å². The van der Waals surface area contributed by atoms with E-state index in [1.807, 2.05) is 31.2 Å². The molecule has 3 rings (SSSR count). The van der Waals surface area contributed by atoms with Crippen LogP contribution in [0.2, 0.25) is 0 Å². The van der Waals surface area contributed by atoms with Crippen LogP contribution in [0.1, 0.15) is 16.7 Å². The highest BCUT2D eigenvalue weighted by Gasteiger charge is 2.30. The molecular weight excluding hydrogens is 398 g/mol. The summed E-state index contributed by atoms with van der Waals surface area (Å²) in [5, 5.41) is 1.72. The van der Waals surface area contributed by atoms with Crippen molar-refractivity contribution < 1.29 is 17.6 Å². The molecule has 0 saturated carbocycles. The van der Waals surface area contributed by atoms with E-state index in [-0.39, 0.29) is 5.82 Å². The lowest BCUT2D eigenvalue weighted by Gasteiger charge is -2.09. The zero-order valence-electron chi connectivity index (χ0n) is 15.5. The Bertz CT molecular complexity index is 1020. The van der Waals surface area contributed by atoms with Gasteiger partial charge in [0.2, 0.25) is 0 Å². The summed E-state index contributed by atoms with van der Waals surface area (Å²) < 4.78 is 52.4. The average Bonchev–Trinajstić information content (AvgIpc) is 2.70. The summed E-state index contributed by atoms with van der Waals surface area (Å²) >= 11 is 1.32. The third-order valence-corrected chi connectivity index (χ3v) is 4.83. The Hall–Kier alpha value is -2.86. The number of allylic oxidation sites excluding steroid dienone is 1. The summed E-state index contributed by atoms with van der Waals surface area (Å²) in [5.41, 5.74) is 1.73. The summed E-state index contributed by atoms with van der Waals surface area (Å²) in [7, 11) is 0. The second-order valence-corrected chi connectivity index (χ2v) is 7.26. The van der Waals surface area contributed by atoms with Crippen molar-refractivity contribution in [3.05, 3.63) is 107 Å². The fraction of sp³-hybridized carbons (Fsp3) is 0.0870. The van der Waals surface area contributed by atoms with Crippen molar-refractivity contribution in [1.82, 2.24) is 0 Å². The summed E-state index contributed by atoms with van der Waals surface area (Å²) in [6, 6.07) is 18.4. The number of aryl methyl sites for hydroxylation is 1. The predicted octanol–water partition coefficient (Wildman–Crippen LogP) is 7.58. The molecule has 6 heteroatoms. The molecule has 0 unspecified atom stereocenters. The van der Waals surface area contributed by atoms with E-state index in [2.05, 4.69) is 4.99 Å². The van der Waals surface area contributed by atoms with Gasteiger partial charge in [0, 0.05) is 10.5 Å². The monoisotopic (exact) mass is 415 g/mol. The fourth-order valence-electron chi connectivity index (χ4n) is 2.50. The molecule has 0 radical (unpaired) electrons. The standard InChI is InChI=1S/C23H17F4NS/c1-16-5-9-20(10-6-16)28-22(13-14-29-21-11-7-19(24)8-12-21)17-3-2-4-18(15-17)23(25,26)27/h2-15H,1H3. The fourth-order valence-corrected chi connectivity index (χ4v) is 3.15. The van der Waals surface area contributed by atoms with Gasteiger partial charge in [0.1, 0.15) is 5.82 Å². The SMILES string of the molecule is Cc1ccc(N=C(C=CSc2ccc(F)cc2)c2cccc(C(F)(F)F)c2)cc1. The average molecular weight is 415 g/mol. The number of rotatable bonds is 5. The van der Waals surface area contributed by atoms with E-state index in [0.717, 1.165) is 22.6 Å². The highest BCUT2D eigenvalue weighted by atomic mass is 32.2. The number of halogens is 4. The maximum atomic E-state index is 13.1. The molecule has 29 heavy (non-hydrogen) atoms. The van der Waals surface area contributed by atoms with Crippen LogP contribution in [-0.4, -0.2) is 5.71 Å². The molecule has 148 valence electrons. The molecule has 0 aliphatic carbocycles. The van der Waals surface area contributed by atoms with Crippen molar-refractivity contribution in [1.29, 1.82) is 0 Å². The van der Waals surface area contributed by atoms with Crippen LogP contribution < -0.4 is 0 Å². The van der Waals surface area contributed by atoms with E-state index < -0.39 is 11.7 Å². The molecular formula is C23H17F4NS. The van der Waals surface area contributed by atoms with Crippen LogP contribution in [0.4, 0.5) is 23.2 Å². The molecule has 3 aromatic carbocycles. The summed E-state index contributed by atoms with van der Waals surface area (Å²) in [4.78, 5) is 5.33. The molecule has 1 nitrogen and oxygen atoms in total. The molecule has 0 spiro atoms. The zero-order chi connectivity index (χ0) is 20.9. The first-order chi connectivity index (χ1) is 13.8. The smallest absolute Gasteiger partial charge is 0.248 e. The maximum absolute atomic E-state index is 13.1. The Balaban J connectivity index is 1.94. The number of hydrogen-bond acceptors (Lipinski definition) is 2. The van der Waals surface area contributed by atoms with Gasteiger partial charge in [-0.15, -0.1) is 0 Å². The van der Waals surface area contributed by atoms with E-state index in [4.69, 9.17) is 0 Å². The molecule has 0 heterocycles. The highest BCUT2D eigenvalue weighted by molar-refractivity contribution is 8.02. The Morgan fingerprint density at radius 2 is 1.62 bits per heavy atom. The molecule has 0 aliphatic rings. The molecule has 3 aromatic rings. The van der Waals surface area contributed by atoms with Gasteiger partial charge < -0.3 is 0 Å². The summed E-state index contributed by atoms with van der Waals surface area (Å²) in [6.45, 7) is 1.94. The van der Waals surface area contributed by atoms with Crippen molar-refractivity contribution >= 4 is 23.2 Å². The molecule has 0 N–H and O–H groups in total. The van der Waals surface area contributed by atoms with Gasteiger partial charge >= 0.3 is 6.18 Å². The van der Waals surface area contributed by atoms with Crippen LogP contribution in [0.5, 0.6) is 0 Å². The largest absolute Gasteiger partial charge is 0.416 e. The molecule has 0 aromatic heterocycles. The number of hydrogen-bond donors (Lipinski definition) is 0. The van der Waals surface area contributed by atoms with Crippen molar-refractivity contribution in [3.8, 4) is 0 Å². The maximum Gasteiger partial charge on any atom is 0.416 e. The minimum Gasteiger partial charge on any atom is -0.248 e. The van der Waals surface area contributed by atoms with Gasteiger partial charge in [0.15, 0.2) is 0 Å². The Morgan fingerprint density at radius 3 is 2.28 bits per heavy atom. The van der Waals surface area contributed by atoms with Crippen LogP contribution in [-0.2, 0) is 6.18 Å². The van der Waals surface area contributed by atoms with Crippen LogP contribution in [0.15, 0.2) is 94.2 Å². The summed E-state index contributed by atoms with van der Waals surface area (Å²) in [5.74, 6) is -0.330. The molecule has 0 aliphatic heterocycles. The molecule has 0 saturated heterocycles. The van der Waals surface area contributed by atoms with Crippen molar-refractivity contribution in [2.45, 2.75) is 18.0 Å². The van der Waals surface area contributed by atoms with E-state index in [1.54, 1.807) is 29.7 Å². The number of benzene rings is 3. The third kappa shape index (κ3) is 6.06. The lowest BCUT2D eigenvalue weighted by atomic mass is 10.1. The van der Waals surface area contributed by atoms with Crippen LogP contribution in [0.3, 0.4) is 0 Å². The van der Waals surface area contributed by atoms with Crippen molar-refractivity contribution in [2.75, 3.05) is 0 Å². The van der Waals surface area contributed by atoms with Crippen LogP contribution in [0, 0.1) is 12.7 Å². The Kier molecular flexibility index (Phi) is 6.54.